The van der Waals surface area contributed by atoms with Gasteiger partial charge in [0.05, 0.1) is 25.9 Å². The molecule has 0 heterocycles. The van der Waals surface area contributed by atoms with Gasteiger partial charge >= 0.3 is 19.8 Å². The van der Waals surface area contributed by atoms with Crippen LogP contribution in [0.25, 0.3) is 0 Å². The number of phosphoric acid groups is 1. The number of unbranched alkanes of at least 4 members (excludes halogenated alkanes) is 3. The van der Waals surface area contributed by atoms with Gasteiger partial charge in [0.1, 0.15) is 12.7 Å². The monoisotopic (exact) mass is 859 g/mol. The van der Waals surface area contributed by atoms with Crippen molar-refractivity contribution in [3.05, 3.63) is 122 Å². The van der Waals surface area contributed by atoms with E-state index in [4.69, 9.17) is 19.1 Å². The first-order valence-electron chi connectivity index (χ1n) is 21.6. The Morgan fingerprint density at radius 3 is 1.65 bits per heavy atom. The molecule has 0 aliphatic heterocycles. The van der Waals surface area contributed by atoms with Crippen molar-refractivity contribution in [3.63, 3.8) is 0 Å². The first-order chi connectivity index (χ1) is 29.1. The first-order valence-corrected chi connectivity index (χ1v) is 23.1. The quantitative estimate of drug-likeness (QED) is 0.0153. The topological polar surface area (TPSA) is 169 Å². The lowest BCUT2D eigenvalue weighted by molar-refractivity contribution is -0.161. The summed E-state index contributed by atoms with van der Waals surface area (Å²) < 4.78 is 32.5. The van der Waals surface area contributed by atoms with Crippen molar-refractivity contribution in [1.29, 1.82) is 0 Å². The summed E-state index contributed by atoms with van der Waals surface area (Å²) in [6, 6.07) is 0. The Labute approximate surface area is 360 Å². The second-order valence-electron chi connectivity index (χ2n) is 13.8. The number of aliphatic hydroxyl groups excluding tert-OH is 3. The molecule has 0 aliphatic rings. The molecule has 338 valence electrons. The second-order valence-corrected chi connectivity index (χ2v) is 15.3. The van der Waals surface area contributed by atoms with Gasteiger partial charge in [0, 0.05) is 12.8 Å². The van der Waals surface area contributed by atoms with Crippen molar-refractivity contribution in [2.24, 2.45) is 0 Å². The van der Waals surface area contributed by atoms with Crippen LogP contribution in [-0.4, -0.2) is 76.9 Å². The van der Waals surface area contributed by atoms with Crippen molar-refractivity contribution in [2.45, 2.75) is 141 Å². The summed E-state index contributed by atoms with van der Waals surface area (Å²) in [5.41, 5.74) is 0. The van der Waals surface area contributed by atoms with Gasteiger partial charge in [-0.3, -0.25) is 18.6 Å². The maximum absolute atomic E-state index is 12.6. The van der Waals surface area contributed by atoms with Crippen LogP contribution in [0.4, 0.5) is 0 Å². The van der Waals surface area contributed by atoms with Crippen molar-refractivity contribution in [2.75, 3.05) is 26.4 Å². The third-order valence-electron chi connectivity index (χ3n) is 8.22. The largest absolute Gasteiger partial charge is 0.472 e. The van der Waals surface area contributed by atoms with Gasteiger partial charge in [-0.25, -0.2) is 4.57 Å². The van der Waals surface area contributed by atoms with Crippen molar-refractivity contribution < 1.29 is 52.9 Å². The van der Waals surface area contributed by atoms with E-state index in [1.165, 1.54) is 19.3 Å². The molecular formula is C48H75O11P. The maximum Gasteiger partial charge on any atom is 0.472 e. The summed E-state index contributed by atoms with van der Waals surface area (Å²) in [4.78, 5) is 35.0. The minimum Gasteiger partial charge on any atom is -0.462 e. The van der Waals surface area contributed by atoms with Crippen molar-refractivity contribution >= 4 is 19.8 Å². The molecule has 4 N–H and O–H groups in total. The predicted octanol–water partition coefficient (Wildman–Crippen LogP) is 10.5. The Bertz CT molecular complexity index is 1420. The lowest BCUT2D eigenvalue weighted by atomic mass is 10.1. The smallest absolute Gasteiger partial charge is 0.462 e. The number of hydrogen-bond donors (Lipinski definition) is 4. The standard InChI is InChI=1S/C48H75O11P/c1-3-5-7-9-11-13-15-17-18-19-20-21-22-24-26-28-30-32-34-38-48(53)59-46(43-58-60(54,55)57-41-45(51)40-49)42-56-47(52)39-35-37-44(50)36-33-31-29-27-25-23-16-14-12-10-8-6-4-2/h5,7,11-14,17-18,20-21,23-26,29-33,36,44-46,49-51H,3-4,6,8-10,15-16,19,22,27-28,34-35,37-43H2,1-2H3,(H,54,55)/b7-5-,13-11-,14-12-,18-17-,21-20-,25-23-,26-24-,31-29-,32-30-,36-33+/t44-,45+,46-/m1/s1. The maximum atomic E-state index is 12.6. The van der Waals surface area contributed by atoms with Gasteiger partial charge in [-0.1, -0.05) is 148 Å². The molecule has 0 bridgehead atoms. The molecule has 0 aromatic heterocycles. The van der Waals surface area contributed by atoms with Gasteiger partial charge in [0.25, 0.3) is 0 Å². The summed E-state index contributed by atoms with van der Waals surface area (Å²) in [5, 5.41) is 28.6. The molecule has 0 saturated heterocycles. The van der Waals surface area contributed by atoms with Crippen LogP contribution in [0, 0.1) is 0 Å². The molecule has 12 heteroatoms. The van der Waals surface area contributed by atoms with E-state index in [1.807, 2.05) is 30.4 Å². The summed E-state index contributed by atoms with van der Waals surface area (Å²) in [7, 11) is -4.69. The van der Waals surface area contributed by atoms with Crippen LogP contribution >= 0.6 is 7.82 Å². The highest BCUT2D eigenvalue weighted by molar-refractivity contribution is 7.47. The van der Waals surface area contributed by atoms with Crippen LogP contribution in [0.5, 0.6) is 0 Å². The van der Waals surface area contributed by atoms with Crippen molar-refractivity contribution in [1.82, 2.24) is 0 Å². The molecular weight excluding hydrogens is 783 g/mol. The molecule has 0 radical (unpaired) electrons. The molecule has 0 aromatic carbocycles. The van der Waals surface area contributed by atoms with Gasteiger partial charge in [-0.05, 0) is 83.5 Å². The highest BCUT2D eigenvalue weighted by Crippen LogP contribution is 2.43. The zero-order valence-electron chi connectivity index (χ0n) is 36.2. The Kier molecular flexibility index (Phi) is 39.5. The fraction of sp³-hybridized carbons (Fsp3) is 0.542. The number of carbonyl (C=O) groups excluding carboxylic acids is 2. The fourth-order valence-electron chi connectivity index (χ4n) is 4.88. The van der Waals surface area contributed by atoms with E-state index >= 15 is 0 Å². The van der Waals surface area contributed by atoms with E-state index in [1.54, 1.807) is 12.2 Å². The van der Waals surface area contributed by atoms with Gasteiger partial charge in [-0.15, -0.1) is 0 Å². The summed E-state index contributed by atoms with van der Waals surface area (Å²) in [6.45, 7) is 1.90. The highest BCUT2D eigenvalue weighted by Gasteiger charge is 2.27. The van der Waals surface area contributed by atoms with Gasteiger partial charge < -0.3 is 29.7 Å². The lowest BCUT2D eigenvalue weighted by Crippen LogP contribution is -2.29. The zero-order chi connectivity index (χ0) is 44.2. The summed E-state index contributed by atoms with van der Waals surface area (Å²) in [5.74, 6) is -1.24. The number of esters is 2. The van der Waals surface area contributed by atoms with E-state index in [2.05, 4.69) is 97.4 Å². The summed E-state index contributed by atoms with van der Waals surface area (Å²) in [6.07, 6.45) is 50.7. The fourth-order valence-corrected chi connectivity index (χ4v) is 5.67. The van der Waals surface area contributed by atoms with E-state index < -0.39 is 64.5 Å². The van der Waals surface area contributed by atoms with E-state index in [-0.39, 0.29) is 12.8 Å². The number of hydrogen-bond acceptors (Lipinski definition) is 10. The highest BCUT2D eigenvalue weighted by atomic mass is 31.2. The molecule has 0 fully saturated rings. The van der Waals surface area contributed by atoms with E-state index in [0.717, 1.165) is 51.4 Å². The third kappa shape index (κ3) is 41.1. The number of phosphoric ester groups is 1. The Morgan fingerprint density at radius 2 is 1.10 bits per heavy atom. The second kappa shape index (κ2) is 42.0. The number of aliphatic hydroxyl groups is 3. The molecule has 11 nitrogen and oxygen atoms in total. The van der Waals surface area contributed by atoms with Crippen molar-refractivity contribution in [3.8, 4) is 0 Å². The third-order valence-corrected chi connectivity index (χ3v) is 9.17. The van der Waals surface area contributed by atoms with Gasteiger partial charge in [0.15, 0.2) is 6.10 Å². The average molecular weight is 859 g/mol. The van der Waals surface area contributed by atoms with E-state index in [9.17, 15) is 29.3 Å². The number of rotatable bonds is 38. The van der Waals surface area contributed by atoms with Crippen LogP contribution in [0.2, 0.25) is 0 Å². The van der Waals surface area contributed by atoms with Crippen LogP contribution in [0.1, 0.15) is 123 Å². The lowest BCUT2D eigenvalue weighted by Gasteiger charge is -2.20. The average Bonchev–Trinajstić information content (AvgIpc) is 3.23. The molecule has 1 unspecified atom stereocenters. The van der Waals surface area contributed by atoms with Crippen LogP contribution in [-0.2, 0) is 32.7 Å². The Hall–Kier alpha value is -3.67. The Morgan fingerprint density at radius 1 is 0.583 bits per heavy atom. The molecule has 60 heavy (non-hydrogen) atoms. The van der Waals surface area contributed by atoms with Crippen LogP contribution < -0.4 is 0 Å². The number of ether oxygens (including phenoxy) is 2. The molecule has 0 aromatic rings. The Balaban J connectivity index is 4.64. The van der Waals surface area contributed by atoms with Crippen LogP contribution in [0.15, 0.2) is 122 Å². The molecule has 0 aliphatic carbocycles. The molecule has 0 spiro atoms. The van der Waals surface area contributed by atoms with E-state index in [0.29, 0.717) is 25.7 Å². The normalized spacial score (nSPS) is 15.5. The van der Waals surface area contributed by atoms with Gasteiger partial charge in [0.2, 0.25) is 0 Å². The van der Waals surface area contributed by atoms with Gasteiger partial charge in [-0.2, -0.15) is 0 Å². The number of carbonyl (C=O) groups is 2. The van der Waals surface area contributed by atoms with Crippen LogP contribution in [0.3, 0.4) is 0 Å². The zero-order valence-corrected chi connectivity index (χ0v) is 37.1. The number of allylic oxidation sites excluding steroid dienone is 19. The molecule has 4 atom stereocenters. The summed E-state index contributed by atoms with van der Waals surface area (Å²) >= 11 is 0. The molecule has 0 amide bonds. The molecule has 0 rings (SSSR count). The minimum atomic E-state index is -4.69. The first kappa shape index (κ1) is 56.3. The molecule has 0 saturated carbocycles. The predicted molar refractivity (Wildman–Crippen MR) is 243 cm³/mol. The SMILES string of the molecule is CC/C=C\C/C=C\C/C=C\C/C=C\C/C=C\C/C=C\CCC(=O)O[C@H](COC(=O)CCC[C@H](O)/C=C/C=C\C/C=C\C/C=C\CCCCC)COP(=O)(O)OC[C@@H](O)CO. The minimum absolute atomic E-state index is 0.0105.